The highest BCUT2D eigenvalue weighted by molar-refractivity contribution is 6.29. The summed E-state index contributed by atoms with van der Waals surface area (Å²) in [6.07, 6.45) is 2.52. The first-order valence-electron chi connectivity index (χ1n) is 8.05. The molecule has 7 nitrogen and oxygen atoms in total. The highest BCUT2D eigenvalue weighted by atomic mass is 35.5. The molecule has 8 heteroatoms. The van der Waals surface area contributed by atoms with Crippen LogP contribution in [0.2, 0.25) is 5.15 Å². The largest absolute Gasteiger partial charge is 0.365 e. The molecule has 1 atom stereocenters. The number of carbonyl (C=O) groups is 1. The molecule has 2 aliphatic heterocycles. The molecule has 1 amide bonds. The summed E-state index contributed by atoms with van der Waals surface area (Å²) in [6, 6.07) is 2.12. The van der Waals surface area contributed by atoms with E-state index in [0.717, 1.165) is 32.7 Å². The van der Waals surface area contributed by atoms with Crippen LogP contribution in [-0.2, 0) is 0 Å². The van der Waals surface area contributed by atoms with E-state index in [1.165, 1.54) is 25.5 Å². The number of primary amides is 1. The second-order valence-corrected chi connectivity index (χ2v) is 6.74. The maximum Gasteiger partial charge on any atom is 0.252 e. The Morgan fingerprint density at radius 3 is 2.65 bits per heavy atom. The van der Waals surface area contributed by atoms with Gasteiger partial charge in [-0.3, -0.25) is 9.69 Å². The number of amides is 1. The van der Waals surface area contributed by atoms with Crippen LogP contribution < -0.4 is 10.6 Å². The van der Waals surface area contributed by atoms with Gasteiger partial charge in [0.05, 0.1) is 5.56 Å². The first-order chi connectivity index (χ1) is 11.0. The average molecular weight is 339 g/mol. The van der Waals surface area contributed by atoms with Crippen LogP contribution in [0.4, 0.5) is 5.82 Å². The fourth-order valence-corrected chi connectivity index (χ4v) is 3.66. The number of aromatic nitrogens is 2. The van der Waals surface area contributed by atoms with Gasteiger partial charge >= 0.3 is 0 Å². The van der Waals surface area contributed by atoms with Crippen molar-refractivity contribution in [3.63, 3.8) is 0 Å². The number of carbonyl (C=O) groups excluding carboxylic acids is 1. The minimum Gasteiger partial charge on any atom is -0.365 e. The third-order valence-corrected chi connectivity index (χ3v) is 4.92. The summed E-state index contributed by atoms with van der Waals surface area (Å²) in [5, 5.41) is 8.14. The molecule has 2 aliphatic rings. The van der Waals surface area contributed by atoms with Crippen LogP contribution in [0.3, 0.4) is 0 Å². The van der Waals surface area contributed by atoms with Crippen LogP contribution in [0.25, 0.3) is 0 Å². The van der Waals surface area contributed by atoms with E-state index in [0.29, 0.717) is 17.4 Å². The number of rotatable bonds is 3. The van der Waals surface area contributed by atoms with E-state index in [4.69, 9.17) is 17.3 Å². The molecule has 23 heavy (non-hydrogen) atoms. The van der Waals surface area contributed by atoms with Crippen molar-refractivity contribution < 1.29 is 4.79 Å². The summed E-state index contributed by atoms with van der Waals surface area (Å²) in [4.78, 5) is 18.6. The first-order valence-corrected chi connectivity index (χ1v) is 8.43. The van der Waals surface area contributed by atoms with Crippen molar-refractivity contribution in [2.75, 3.05) is 51.2 Å². The Kier molecular flexibility index (Phi) is 4.99. The van der Waals surface area contributed by atoms with Gasteiger partial charge in [-0.15, -0.1) is 10.2 Å². The smallest absolute Gasteiger partial charge is 0.252 e. The number of hydrogen-bond acceptors (Lipinski definition) is 6. The Morgan fingerprint density at radius 1 is 1.26 bits per heavy atom. The summed E-state index contributed by atoms with van der Waals surface area (Å²) in [5.41, 5.74) is 5.79. The molecule has 3 rings (SSSR count). The van der Waals surface area contributed by atoms with Crippen molar-refractivity contribution >= 4 is 23.3 Å². The predicted octanol–water partition coefficient (Wildman–Crippen LogP) is 0.445. The summed E-state index contributed by atoms with van der Waals surface area (Å²) in [5.74, 6) is 0.0236. The van der Waals surface area contributed by atoms with Crippen LogP contribution in [0.5, 0.6) is 0 Å². The maximum atomic E-state index is 11.6. The Hall–Kier alpha value is -1.44. The second kappa shape index (κ2) is 6.98. The highest BCUT2D eigenvalue weighted by Crippen LogP contribution is 2.22. The van der Waals surface area contributed by atoms with E-state index in [2.05, 4.69) is 31.9 Å². The zero-order valence-corrected chi connectivity index (χ0v) is 14.2. The minimum absolute atomic E-state index is 0.187. The Labute approximate surface area is 141 Å². The van der Waals surface area contributed by atoms with Crippen LogP contribution in [0.15, 0.2) is 6.07 Å². The molecule has 3 heterocycles. The van der Waals surface area contributed by atoms with E-state index in [1.807, 2.05) is 0 Å². The molecule has 0 spiro atoms. The van der Waals surface area contributed by atoms with Crippen LogP contribution in [0, 0.1) is 0 Å². The van der Waals surface area contributed by atoms with Gasteiger partial charge in [0.25, 0.3) is 5.91 Å². The van der Waals surface area contributed by atoms with Crippen molar-refractivity contribution in [2.45, 2.75) is 18.9 Å². The van der Waals surface area contributed by atoms with Crippen LogP contribution in [0.1, 0.15) is 23.2 Å². The number of halogens is 1. The lowest BCUT2D eigenvalue weighted by Gasteiger charge is -2.43. The Bertz CT molecular complexity index is 575. The molecule has 0 saturated carbocycles. The van der Waals surface area contributed by atoms with Crippen molar-refractivity contribution in [1.29, 1.82) is 0 Å². The van der Waals surface area contributed by atoms with Crippen LogP contribution in [-0.4, -0.2) is 78.3 Å². The monoisotopic (exact) mass is 338 g/mol. The number of piperidine rings is 1. The number of piperazine rings is 1. The molecule has 0 aromatic carbocycles. The molecule has 0 radical (unpaired) electrons. The van der Waals surface area contributed by atoms with Gasteiger partial charge in [0.2, 0.25) is 0 Å². The Balaban J connectivity index is 1.66. The fraction of sp³-hybridized carbons (Fsp3) is 0.667. The lowest BCUT2D eigenvalue weighted by Crippen LogP contribution is -2.55. The molecule has 0 aliphatic carbocycles. The standard InChI is InChI=1S/C15H23ClN6O/c1-20-4-2-3-11(10-20)21-5-7-22(8-6-21)15-12(14(17)23)9-13(16)18-19-15/h9,11H,2-8,10H2,1H3,(H2,17,23)/t11-/m0/s1. The van der Waals surface area contributed by atoms with Gasteiger partial charge in [-0.05, 0) is 32.5 Å². The molecule has 126 valence electrons. The topological polar surface area (TPSA) is 78.6 Å². The number of anilines is 1. The molecule has 2 N–H and O–H groups in total. The number of hydrogen-bond donors (Lipinski definition) is 1. The van der Waals surface area contributed by atoms with Gasteiger partial charge in [0, 0.05) is 38.8 Å². The van der Waals surface area contributed by atoms with Crippen molar-refractivity contribution in [3.8, 4) is 0 Å². The van der Waals surface area contributed by atoms with E-state index in [9.17, 15) is 4.79 Å². The van der Waals surface area contributed by atoms with Crippen molar-refractivity contribution in [1.82, 2.24) is 20.0 Å². The van der Waals surface area contributed by atoms with Gasteiger partial charge in [0.15, 0.2) is 11.0 Å². The molecule has 0 unspecified atom stereocenters. The summed E-state index contributed by atoms with van der Waals surface area (Å²) in [6.45, 7) is 5.88. The summed E-state index contributed by atoms with van der Waals surface area (Å²) in [7, 11) is 2.19. The minimum atomic E-state index is -0.520. The van der Waals surface area contributed by atoms with E-state index in [1.54, 1.807) is 0 Å². The Morgan fingerprint density at radius 2 is 2.00 bits per heavy atom. The summed E-state index contributed by atoms with van der Waals surface area (Å²) >= 11 is 5.83. The molecule has 0 bridgehead atoms. The SMILES string of the molecule is CN1CCC[C@H](N2CCN(c3nnc(Cl)cc3C(N)=O)CC2)C1. The second-order valence-electron chi connectivity index (χ2n) is 6.35. The zero-order valence-electron chi connectivity index (χ0n) is 13.4. The van der Waals surface area contributed by atoms with Gasteiger partial charge < -0.3 is 15.5 Å². The van der Waals surface area contributed by atoms with Gasteiger partial charge in [-0.2, -0.15) is 0 Å². The summed E-state index contributed by atoms with van der Waals surface area (Å²) < 4.78 is 0. The molecular formula is C15H23ClN6O. The third-order valence-electron chi connectivity index (χ3n) is 4.74. The molecular weight excluding hydrogens is 316 g/mol. The van der Waals surface area contributed by atoms with Crippen LogP contribution >= 0.6 is 11.6 Å². The highest BCUT2D eigenvalue weighted by Gasteiger charge is 2.28. The van der Waals surface area contributed by atoms with E-state index in [-0.39, 0.29) is 5.15 Å². The number of nitrogens with two attached hydrogens (primary N) is 1. The number of likely N-dealkylation sites (tertiary alicyclic amines) is 1. The molecule has 1 aromatic rings. The van der Waals surface area contributed by atoms with Gasteiger partial charge in [0.1, 0.15) is 0 Å². The van der Waals surface area contributed by atoms with Crippen molar-refractivity contribution in [3.05, 3.63) is 16.8 Å². The molecule has 2 saturated heterocycles. The van der Waals surface area contributed by atoms with Gasteiger partial charge in [-0.25, -0.2) is 0 Å². The third kappa shape index (κ3) is 3.73. The lowest BCUT2D eigenvalue weighted by atomic mass is 10.0. The van der Waals surface area contributed by atoms with Crippen molar-refractivity contribution in [2.24, 2.45) is 5.73 Å². The lowest BCUT2D eigenvalue weighted by molar-refractivity contribution is 0.0996. The maximum absolute atomic E-state index is 11.6. The number of nitrogens with zero attached hydrogens (tertiary/aromatic N) is 5. The molecule has 1 aromatic heterocycles. The average Bonchev–Trinajstić information content (AvgIpc) is 2.55. The molecule has 2 fully saturated rings. The zero-order chi connectivity index (χ0) is 16.4. The normalized spacial score (nSPS) is 23.9. The first kappa shape index (κ1) is 16.4. The fourth-order valence-electron chi connectivity index (χ4n) is 3.51. The van der Waals surface area contributed by atoms with E-state index < -0.39 is 5.91 Å². The predicted molar refractivity (Wildman–Crippen MR) is 89.9 cm³/mol. The quantitative estimate of drug-likeness (QED) is 0.862. The number of likely N-dealkylation sites (N-methyl/N-ethyl adjacent to an activating group) is 1. The van der Waals surface area contributed by atoms with E-state index >= 15 is 0 Å². The van der Waals surface area contributed by atoms with Gasteiger partial charge in [-0.1, -0.05) is 11.6 Å².